The Labute approximate surface area is 90.1 Å². The smallest absolute Gasteiger partial charge is 0.130 e. The zero-order chi connectivity index (χ0) is 10.9. The van der Waals surface area contributed by atoms with Gasteiger partial charge in [-0.05, 0) is 27.2 Å². The summed E-state index contributed by atoms with van der Waals surface area (Å²) >= 11 is 0. The van der Waals surface area contributed by atoms with Crippen LogP contribution in [0.5, 0.6) is 0 Å². The lowest BCUT2D eigenvalue weighted by Crippen LogP contribution is -2.41. The molecule has 1 N–H and O–H groups in total. The van der Waals surface area contributed by atoms with Crippen molar-refractivity contribution in [1.29, 1.82) is 0 Å². The summed E-state index contributed by atoms with van der Waals surface area (Å²) in [5.74, 6) is 0.877. The van der Waals surface area contributed by atoms with Crippen LogP contribution >= 0.6 is 0 Å². The van der Waals surface area contributed by atoms with Crippen LogP contribution in [0.15, 0.2) is 12.4 Å². The maximum Gasteiger partial charge on any atom is 0.130 e. The lowest BCUT2D eigenvalue weighted by atomic mass is 9.95. The quantitative estimate of drug-likeness (QED) is 0.802. The van der Waals surface area contributed by atoms with E-state index in [0.29, 0.717) is 0 Å². The molecule has 2 unspecified atom stereocenters. The molecule has 0 aromatic carbocycles. The van der Waals surface area contributed by atoms with Crippen molar-refractivity contribution in [2.75, 3.05) is 11.9 Å². The van der Waals surface area contributed by atoms with Crippen molar-refractivity contribution >= 4 is 5.82 Å². The Morgan fingerprint density at radius 1 is 1.53 bits per heavy atom. The molecule has 0 bridgehead atoms. The maximum atomic E-state index is 5.56. The molecule has 4 nitrogen and oxygen atoms in total. The van der Waals surface area contributed by atoms with E-state index in [1.807, 2.05) is 13.0 Å². The van der Waals surface area contributed by atoms with Crippen molar-refractivity contribution in [3.05, 3.63) is 18.1 Å². The van der Waals surface area contributed by atoms with Gasteiger partial charge in [0.2, 0.25) is 0 Å². The Hall–Kier alpha value is -1.16. The van der Waals surface area contributed by atoms with Gasteiger partial charge in [0, 0.05) is 18.4 Å². The number of hydrogen-bond donors (Lipinski definition) is 1. The molecule has 0 spiro atoms. The van der Waals surface area contributed by atoms with Crippen molar-refractivity contribution in [2.45, 2.75) is 38.8 Å². The average Bonchev–Trinajstić information content (AvgIpc) is 2.47. The molecule has 1 aliphatic rings. The largest absolute Gasteiger partial charge is 0.376 e. The third-order valence-electron chi connectivity index (χ3n) is 3.10. The molecule has 0 saturated carbocycles. The van der Waals surface area contributed by atoms with E-state index in [1.54, 1.807) is 6.33 Å². The van der Waals surface area contributed by atoms with E-state index in [4.69, 9.17) is 4.74 Å². The molecule has 1 saturated heterocycles. The van der Waals surface area contributed by atoms with E-state index in [1.165, 1.54) is 0 Å². The highest BCUT2D eigenvalue weighted by molar-refractivity contribution is 5.38. The zero-order valence-corrected chi connectivity index (χ0v) is 9.45. The number of nitrogens with one attached hydrogen (secondary N) is 1. The fourth-order valence-electron chi connectivity index (χ4n) is 1.81. The molecular formula is C11H17N3O. The lowest BCUT2D eigenvalue weighted by molar-refractivity contribution is 0.105. The van der Waals surface area contributed by atoms with Crippen LogP contribution in [-0.2, 0) is 4.74 Å². The molecule has 1 aromatic heterocycles. The van der Waals surface area contributed by atoms with Crippen LogP contribution in [0.25, 0.3) is 0 Å². The molecule has 0 radical (unpaired) electrons. The first-order chi connectivity index (χ1) is 7.10. The van der Waals surface area contributed by atoms with Gasteiger partial charge >= 0.3 is 0 Å². The van der Waals surface area contributed by atoms with Gasteiger partial charge in [-0.15, -0.1) is 0 Å². The fourth-order valence-corrected chi connectivity index (χ4v) is 1.81. The molecule has 2 atom stereocenters. The van der Waals surface area contributed by atoms with E-state index >= 15 is 0 Å². The monoisotopic (exact) mass is 207 g/mol. The van der Waals surface area contributed by atoms with Gasteiger partial charge in [0.05, 0.1) is 11.6 Å². The van der Waals surface area contributed by atoms with E-state index in [9.17, 15) is 0 Å². The Morgan fingerprint density at radius 3 is 2.93 bits per heavy atom. The molecule has 15 heavy (non-hydrogen) atoms. The number of anilines is 1. The first-order valence-electron chi connectivity index (χ1n) is 5.28. The highest BCUT2D eigenvalue weighted by Crippen LogP contribution is 2.28. The number of ether oxygens (including phenoxy) is 1. The average molecular weight is 207 g/mol. The van der Waals surface area contributed by atoms with Crippen molar-refractivity contribution in [3.8, 4) is 0 Å². The summed E-state index contributed by atoms with van der Waals surface area (Å²) in [6, 6.07) is 1.95. The molecular weight excluding hydrogens is 190 g/mol. The summed E-state index contributed by atoms with van der Waals surface area (Å²) in [4.78, 5) is 8.28. The molecule has 4 heteroatoms. The number of rotatable bonds is 2. The van der Waals surface area contributed by atoms with Gasteiger partial charge in [-0.1, -0.05) is 0 Å². The van der Waals surface area contributed by atoms with Crippen LogP contribution in [0.1, 0.15) is 26.0 Å². The second kappa shape index (κ2) is 3.77. The standard InChI is InChI=1S/C11H17N3O/c1-8-6-10(13-7-12-8)14-11(3)4-5-15-9(11)2/h6-7,9H,4-5H2,1-3H3,(H,12,13,14). The molecule has 1 aliphatic heterocycles. The molecule has 0 amide bonds. The molecule has 1 aromatic rings. The van der Waals surface area contributed by atoms with Gasteiger partial charge in [0.25, 0.3) is 0 Å². The Morgan fingerprint density at radius 2 is 2.33 bits per heavy atom. The Balaban J connectivity index is 2.14. The van der Waals surface area contributed by atoms with E-state index < -0.39 is 0 Å². The summed E-state index contributed by atoms with van der Waals surface area (Å²) in [5, 5.41) is 3.43. The highest BCUT2D eigenvalue weighted by Gasteiger charge is 2.37. The van der Waals surface area contributed by atoms with Crippen LogP contribution in [0.3, 0.4) is 0 Å². The van der Waals surface area contributed by atoms with Gasteiger partial charge in [0.1, 0.15) is 12.1 Å². The van der Waals surface area contributed by atoms with Crippen molar-refractivity contribution in [2.24, 2.45) is 0 Å². The van der Waals surface area contributed by atoms with Crippen LogP contribution in [0.2, 0.25) is 0 Å². The first kappa shape index (κ1) is 10.4. The molecule has 2 heterocycles. The second-order valence-electron chi connectivity index (χ2n) is 4.35. The van der Waals surface area contributed by atoms with E-state index in [-0.39, 0.29) is 11.6 Å². The van der Waals surface area contributed by atoms with Gasteiger partial charge in [-0.25, -0.2) is 9.97 Å². The van der Waals surface area contributed by atoms with Crippen LogP contribution in [0, 0.1) is 6.92 Å². The van der Waals surface area contributed by atoms with Crippen LogP contribution in [0.4, 0.5) is 5.82 Å². The SMILES string of the molecule is Cc1cc(NC2(C)CCOC2C)ncn1. The van der Waals surface area contributed by atoms with Crippen molar-refractivity contribution in [1.82, 2.24) is 9.97 Å². The Bertz CT molecular complexity index is 355. The third-order valence-corrected chi connectivity index (χ3v) is 3.10. The number of aromatic nitrogens is 2. The van der Waals surface area contributed by atoms with Gasteiger partial charge in [-0.2, -0.15) is 0 Å². The zero-order valence-electron chi connectivity index (χ0n) is 9.45. The first-order valence-corrected chi connectivity index (χ1v) is 5.28. The number of hydrogen-bond acceptors (Lipinski definition) is 4. The summed E-state index contributed by atoms with van der Waals surface area (Å²) in [6.45, 7) is 7.04. The minimum absolute atomic E-state index is 0.0131. The van der Waals surface area contributed by atoms with Crippen LogP contribution in [-0.4, -0.2) is 28.2 Å². The Kier molecular flexibility index (Phi) is 2.61. The lowest BCUT2D eigenvalue weighted by Gasteiger charge is -2.29. The second-order valence-corrected chi connectivity index (χ2v) is 4.35. The normalized spacial score (nSPS) is 30.5. The van der Waals surface area contributed by atoms with Gasteiger partial charge in [-0.3, -0.25) is 0 Å². The summed E-state index contributed by atoms with van der Waals surface area (Å²) in [6.07, 6.45) is 2.81. The number of nitrogens with zero attached hydrogens (tertiary/aromatic N) is 2. The fraction of sp³-hybridized carbons (Fsp3) is 0.636. The van der Waals surface area contributed by atoms with Crippen LogP contribution < -0.4 is 5.32 Å². The molecule has 82 valence electrons. The summed E-state index contributed by atoms with van der Waals surface area (Å²) in [5.41, 5.74) is 0.962. The predicted octanol–water partition coefficient (Wildman–Crippen LogP) is 1.76. The van der Waals surface area contributed by atoms with Crippen molar-refractivity contribution < 1.29 is 4.74 Å². The minimum Gasteiger partial charge on any atom is -0.376 e. The molecule has 2 rings (SSSR count). The molecule has 0 aliphatic carbocycles. The minimum atomic E-state index is -0.0131. The predicted molar refractivity (Wildman–Crippen MR) is 58.8 cm³/mol. The van der Waals surface area contributed by atoms with Gasteiger partial charge in [0.15, 0.2) is 0 Å². The topological polar surface area (TPSA) is 47.0 Å². The van der Waals surface area contributed by atoms with Crippen molar-refractivity contribution in [3.63, 3.8) is 0 Å². The maximum absolute atomic E-state index is 5.56. The third kappa shape index (κ3) is 2.09. The summed E-state index contributed by atoms with van der Waals surface area (Å²) < 4.78 is 5.56. The van der Waals surface area contributed by atoms with E-state index in [0.717, 1.165) is 24.5 Å². The van der Waals surface area contributed by atoms with E-state index in [2.05, 4.69) is 29.1 Å². The highest BCUT2D eigenvalue weighted by atomic mass is 16.5. The summed E-state index contributed by atoms with van der Waals surface area (Å²) in [7, 11) is 0. The molecule has 1 fully saturated rings. The van der Waals surface area contributed by atoms with Gasteiger partial charge < -0.3 is 10.1 Å². The number of aryl methyl sites for hydroxylation is 1.